The lowest BCUT2D eigenvalue weighted by Gasteiger charge is -2.09. The van der Waals surface area contributed by atoms with Gasteiger partial charge in [-0.2, -0.15) is 0 Å². The van der Waals surface area contributed by atoms with Crippen molar-refractivity contribution in [3.05, 3.63) is 42.2 Å². The molecule has 1 aromatic heterocycles. The third kappa shape index (κ3) is 5.77. The molecule has 2 rings (SSSR count). The Kier molecular flexibility index (Phi) is 5.94. The highest BCUT2D eigenvalue weighted by atomic mass is 16.2. The van der Waals surface area contributed by atoms with Crippen molar-refractivity contribution in [3.8, 4) is 0 Å². The van der Waals surface area contributed by atoms with Gasteiger partial charge < -0.3 is 10.6 Å². The van der Waals surface area contributed by atoms with E-state index in [4.69, 9.17) is 0 Å². The molecule has 0 saturated carbocycles. The highest BCUT2D eigenvalue weighted by Crippen LogP contribution is 2.19. The fourth-order valence-corrected chi connectivity index (χ4v) is 2.28. The molecule has 1 unspecified atom stereocenters. The van der Waals surface area contributed by atoms with Crippen LogP contribution in [0.15, 0.2) is 36.7 Å². The van der Waals surface area contributed by atoms with Crippen LogP contribution in [0, 0.1) is 5.92 Å². The van der Waals surface area contributed by atoms with E-state index in [1.54, 1.807) is 12.4 Å². The lowest BCUT2D eigenvalue weighted by atomic mass is 10.1. The van der Waals surface area contributed by atoms with Gasteiger partial charge in [-0.1, -0.05) is 12.2 Å². The second-order valence-corrected chi connectivity index (χ2v) is 5.20. The Labute approximate surface area is 124 Å². The summed E-state index contributed by atoms with van der Waals surface area (Å²) < 4.78 is 0. The summed E-state index contributed by atoms with van der Waals surface area (Å²) in [6, 6.07) is 3.72. The second kappa shape index (κ2) is 8.19. The summed E-state index contributed by atoms with van der Waals surface area (Å²) in [5.74, 6) is 0.326. The molecule has 1 aromatic rings. The highest BCUT2D eigenvalue weighted by molar-refractivity contribution is 5.79. The molecular formula is C16H21N3O2. The van der Waals surface area contributed by atoms with Crippen molar-refractivity contribution in [1.82, 2.24) is 15.6 Å². The van der Waals surface area contributed by atoms with E-state index in [1.807, 2.05) is 12.1 Å². The maximum Gasteiger partial charge on any atom is 0.222 e. The number of carbonyl (C=O) groups is 2. The second-order valence-electron chi connectivity index (χ2n) is 5.20. The van der Waals surface area contributed by atoms with Crippen molar-refractivity contribution in [2.45, 2.75) is 32.2 Å². The van der Waals surface area contributed by atoms with Gasteiger partial charge in [-0.05, 0) is 36.5 Å². The van der Waals surface area contributed by atoms with Crippen molar-refractivity contribution in [3.63, 3.8) is 0 Å². The molecular weight excluding hydrogens is 266 g/mol. The Bertz CT molecular complexity index is 500. The quantitative estimate of drug-likeness (QED) is 0.748. The molecule has 0 radical (unpaired) electrons. The fourth-order valence-electron chi connectivity index (χ4n) is 2.28. The van der Waals surface area contributed by atoms with Crippen molar-refractivity contribution in [1.29, 1.82) is 0 Å². The van der Waals surface area contributed by atoms with Crippen molar-refractivity contribution >= 4 is 11.8 Å². The average molecular weight is 287 g/mol. The number of nitrogens with one attached hydrogen (secondary N) is 2. The largest absolute Gasteiger partial charge is 0.356 e. The van der Waals surface area contributed by atoms with E-state index in [2.05, 4.69) is 27.8 Å². The first-order chi connectivity index (χ1) is 10.2. The highest BCUT2D eigenvalue weighted by Gasteiger charge is 2.13. The maximum atomic E-state index is 11.7. The summed E-state index contributed by atoms with van der Waals surface area (Å²) in [7, 11) is 0. The Balaban J connectivity index is 1.56. The summed E-state index contributed by atoms with van der Waals surface area (Å²) in [5.41, 5.74) is 1.01. The smallest absolute Gasteiger partial charge is 0.222 e. The minimum atomic E-state index is -0.0622. The molecule has 0 spiro atoms. The van der Waals surface area contributed by atoms with E-state index in [0.717, 1.165) is 18.4 Å². The average Bonchev–Trinajstić information content (AvgIpc) is 2.99. The number of hydrogen-bond donors (Lipinski definition) is 2. The third-order valence-corrected chi connectivity index (χ3v) is 3.47. The van der Waals surface area contributed by atoms with Crippen LogP contribution in [0.4, 0.5) is 0 Å². The zero-order valence-corrected chi connectivity index (χ0v) is 12.0. The summed E-state index contributed by atoms with van der Waals surface area (Å²) in [6.07, 6.45) is 10.5. The molecule has 112 valence electrons. The molecule has 0 saturated heterocycles. The van der Waals surface area contributed by atoms with Gasteiger partial charge in [0.05, 0.1) is 0 Å². The molecule has 2 N–H and O–H groups in total. The van der Waals surface area contributed by atoms with Gasteiger partial charge in [0.1, 0.15) is 0 Å². The van der Waals surface area contributed by atoms with Crippen LogP contribution in [0.25, 0.3) is 0 Å². The molecule has 1 aliphatic carbocycles. The molecule has 1 atom stereocenters. The van der Waals surface area contributed by atoms with Gasteiger partial charge in [0.25, 0.3) is 0 Å². The van der Waals surface area contributed by atoms with Crippen LogP contribution < -0.4 is 10.6 Å². The van der Waals surface area contributed by atoms with Crippen LogP contribution in [-0.4, -0.2) is 23.3 Å². The number of nitrogens with zero attached hydrogens (tertiary/aromatic N) is 1. The Morgan fingerprint density at radius 2 is 2.00 bits per heavy atom. The summed E-state index contributed by atoms with van der Waals surface area (Å²) in [6.45, 7) is 0.875. The van der Waals surface area contributed by atoms with Crippen molar-refractivity contribution in [2.75, 3.05) is 6.54 Å². The van der Waals surface area contributed by atoms with Gasteiger partial charge in [-0.15, -0.1) is 0 Å². The maximum absolute atomic E-state index is 11.7. The lowest BCUT2D eigenvalue weighted by Crippen LogP contribution is -2.31. The zero-order valence-electron chi connectivity index (χ0n) is 12.0. The molecule has 1 heterocycles. The minimum absolute atomic E-state index is 0.0217. The van der Waals surface area contributed by atoms with Crippen molar-refractivity contribution < 1.29 is 9.59 Å². The van der Waals surface area contributed by atoms with E-state index in [1.165, 1.54) is 0 Å². The van der Waals surface area contributed by atoms with Gasteiger partial charge in [0, 0.05) is 38.3 Å². The number of allylic oxidation sites excluding steroid dienone is 2. The molecule has 0 aliphatic heterocycles. The Hall–Kier alpha value is -2.17. The number of aromatic nitrogens is 1. The lowest BCUT2D eigenvalue weighted by molar-refractivity contribution is -0.122. The SMILES string of the molecule is O=C(CCNC(=O)CC1C=CCC1)NCc1ccncc1. The van der Waals surface area contributed by atoms with Crippen LogP contribution in [0.2, 0.25) is 0 Å². The molecule has 0 bridgehead atoms. The standard InChI is InChI=1S/C16H21N3O2/c20-15(19-12-14-5-8-17-9-6-14)7-10-18-16(21)11-13-3-1-2-4-13/h1,3,5-6,8-9,13H,2,4,7,10-12H2,(H,18,21)(H,19,20). The van der Waals surface area contributed by atoms with E-state index < -0.39 is 0 Å². The Morgan fingerprint density at radius 1 is 1.19 bits per heavy atom. The molecule has 5 heteroatoms. The fraction of sp³-hybridized carbons (Fsp3) is 0.438. The van der Waals surface area contributed by atoms with Gasteiger partial charge in [-0.25, -0.2) is 0 Å². The Morgan fingerprint density at radius 3 is 2.71 bits per heavy atom. The predicted molar refractivity (Wildman–Crippen MR) is 80.2 cm³/mol. The topological polar surface area (TPSA) is 71.1 Å². The van der Waals surface area contributed by atoms with Crippen LogP contribution in [0.5, 0.6) is 0 Å². The van der Waals surface area contributed by atoms with E-state index in [9.17, 15) is 9.59 Å². The normalized spacial score (nSPS) is 16.7. The first-order valence-electron chi connectivity index (χ1n) is 7.33. The summed E-state index contributed by atoms with van der Waals surface area (Å²) in [5, 5.41) is 5.61. The molecule has 5 nitrogen and oxygen atoms in total. The molecule has 2 amide bonds. The monoisotopic (exact) mass is 287 g/mol. The summed E-state index contributed by atoms with van der Waals surface area (Å²) >= 11 is 0. The number of amides is 2. The number of pyridine rings is 1. The van der Waals surface area contributed by atoms with Crippen LogP contribution in [0.3, 0.4) is 0 Å². The van der Waals surface area contributed by atoms with Crippen LogP contribution >= 0.6 is 0 Å². The summed E-state index contributed by atoms with van der Waals surface area (Å²) in [4.78, 5) is 27.2. The first-order valence-corrected chi connectivity index (χ1v) is 7.33. The van der Waals surface area contributed by atoms with Gasteiger partial charge >= 0.3 is 0 Å². The first kappa shape index (κ1) is 15.2. The van der Waals surface area contributed by atoms with Gasteiger partial charge in [0.2, 0.25) is 11.8 Å². The molecule has 0 aromatic carbocycles. The minimum Gasteiger partial charge on any atom is -0.356 e. The number of hydrogen-bond acceptors (Lipinski definition) is 3. The molecule has 1 aliphatic rings. The molecule has 21 heavy (non-hydrogen) atoms. The number of carbonyl (C=O) groups excluding carboxylic acids is 2. The molecule has 0 fully saturated rings. The van der Waals surface area contributed by atoms with Crippen LogP contribution in [0.1, 0.15) is 31.2 Å². The van der Waals surface area contributed by atoms with Crippen molar-refractivity contribution in [2.24, 2.45) is 5.92 Å². The van der Waals surface area contributed by atoms with Gasteiger partial charge in [-0.3, -0.25) is 14.6 Å². The van der Waals surface area contributed by atoms with E-state index in [0.29, 0.717) is 31.8 Å². The van der Waals surface area contributed by atoms with E-state index >= 15 is 0 Å². The number of rotatable bonds is 7. The predicted octanol–water partition coefficient (Wildman–Crippen LogP) is 1.56. The van der Waals surface area contributed by atoms with Gasteiger partial charge in [0.15, 0.2) is 0 Å². The third-order valence-electron chi connectivity index (χ3n) is 3.47. The van der Waals surface area contributed by atoms with E-state index in [-0.39, 0.29) is 11.8 Å². The van der Waals surface area contributed by atoms with Crippen LogP contribution in [-0.2, 0) is 16.1 Å². The zero-order chi connectivity index (χ0) is 14.9.